The van der Waals surface area contributed by atoms with Crippen LogP contribution in [0.4, 0.5) is 0 Å². The molecular weight excluding hydrogens is 519 g/mol. The molecule has 0 bridgehead atoms. The second-order valence-electron chi connectivity index (χ2n) is 7.40. The summed E-state index contributed by atoms with van der Waals surface area (Å²) in [7, 11) is 0. The fourth-order valence-corrected chi connectivity index (χ4v) is 3.35. The summed E-state index contributed by atoms with van der Waals surface area (Å²) >= 11 is 0. The van der Waals surface area contributed by atoms with Gasteiger partial charge in [0.2, 0.25) is 5.91 Å². The summed E-state index contributed by atoms with van der Waals surface area (Å²) in [6.07, 6.45) is 2.15. The van der Waals surface area contributed by atoms with Crippen LogP contribution in [0.5, 0.6) is 0 Å². The topological polar surface area (TPSA) is 83.0 Å². The number of rotatable bonds is 8. The number of ether oxygens (including phenoxy) is 1. The molecule has 0 aromatic heterocycles. The van der Waals surface area contributed by atoms with Crippen LogP contribution in [0.15, 0.2) is 59.6 Å². The molecule has 2 N–H and O–H groups in total. The summed E-state index contributed by atoms with van der Waals surface area (Å²) < 4.78 is 5.41. The standard InChI is InChI=1S/C24H30N4O3.HI/c1-2-25-24(27-17-22(29)28-13-6-7-14-28)26-16-20-11-8-12-21(15-20)23(30)31-18-19-9-4-3-5-10-19;/h3-5,8-12,15H,2,6-7,13-14,16-18H2,1H3,(H2,25,26,27);1H. The Hall–Kier alpha value is -2.62. The van der Waals surface area contributed by atoms with E-state index in [1.165, 1.54) is 0 Å². The number of hydrogen-bond donors (Lipinski definition) is 2. The minimum atomic E-state index is -0.365. The van der Waals surface area contributed by atoms with E-state index in [1.54, 1.807) is 12.1 Å². The van der Waals surface area contributed by atoms with E-state index in [4.69, 9.17) is 4.74 Å². The average molecular weight is 550 g/mol. The molecule has 172 valence electrons. The zero-order valence-corrected chi connectivity index (χ0v) is 20.7. The molecule has 1 aliphatic rings. The minimum Gasteiger partial charge on any atom is -0.457 e. The Kier molecular flexibility index (Phi) is 11.0. The molecular formula is C24H31IN4O3. The van der Waals surface area contributed by atoms with E-state index in [2.05, 4.69) is 15.6 Å². The molecule has 8 heteroatoms. The highest BCUT2D eigenvalue weighted by atomic mass is 127. The number of carbonyl (C=O) groups is 2. The third-order valence-electron chi connectivity index (χ3n) is 5.01. The first kappa shape index (κ1) is 25.6. The van der Waals surface area contributed by atoms with E-state index in [0.29, 0.717) is 24.6 Å². The lowest BCUT2D eigenvalue weighted by Crippen LogP contribution is -2.44. The lowest BCUT2D eigenvalue weighted by molar-refractivity contribution is -0.128. The molecule has 2 aromatic rings. The fourth-order valence-electron chi connectivity index (χ4n) is 3.35. The number of halogens is 1. The molecule has 1 heterocycles. The van der Waals surface area contributed by atoms with Gasteiger partial charge in [-0.05, 0) is 43.0 Å². The van der Waals surface area contributed by atoms with Crippen LogP contribution in [-0.4, -0.2) is 48.9 Å². The van der Waals surface area contributed by atoms with E-state index in [0.717, 1.165) is 37.1 Å². The van der Waals surface area contributed by atoms with Gasteiger partial charge in [-0.3, -0.25) is 4.79 Å². The third kappa shape index (κ3) is 8.14. The Morgan fingerprint density at radius 3 is 2.44 bits per heavy atom. The van der Waals surface area contributed by atoms with Crippen LogP contribution < -0.4 is 10.6 Å². The van der Waals surface area contributed by atoms with Crippen molar-refractivity contribution in [1.82, 2.24) is 15.5 Å². The number of hydrogen-bond acceptors (Lipinski definition) is 4. The SMILES string of the molecule is CCNC(=NCc1cccc(C(=O)OCc2ccccc2)c1)NCC(=O)N1CCCC1.I. The van der Waals surface area contributed by atoms with Gasteiger partial charge in [-0.1, -0.05) is 42.5 Å². The number of esters is 1. The van der Waals surface area contributed by atoms with Crippen molar-refractivity contribution in [2.24, 2.45) is 4.99 Å². The monoisotopic (exact) mass is 550 g/mol. The van der Waals surface area contributed by atoms with Crippen molar-refractivity contribution in [3.8, 4) is 0 Å². The molecule has 0 radical (unpaired) electrons. The summed E-state index contributed by atoms with van der Waals surface area (Å²) in [5.74, 6) is 0.300. The van der Waals surface area contributed by atoms with Gasteiger partial charge in [0, 0.05) is 19.6 Å². The first-order chi connectivity index (χ1) is 15.2. The number of nitrogens with one attached hydrogen (secondary N) is 2. The van der Waals surface area contributed by atoms with Crippen LogP contribution in [-0.2, 0) is 22.7 Å². The van der Waals surface area contributed by atoms with Crippen LogP contribution in [0.3, 0.4) is 0 Å². The maximum Gasteiger partial charge on any atom is 0.338 e. The van der Waals surface area contributed by atoms with Gasteiger partial charge in [0.05, 0.1) is 18.7 Å². The summed E-state index contributed by atoms with van der Waals surface area (Å²) in [4.78, 5) is 31.1. The highest BCUT2D eigenvalue weighted by molar-refractivity contribution is 14.0. The Morgan fingerprint density at radius 2 is 1.72 bits per heavy atom. The molecule has 1 fully saturated rings. The zero-order chi connectivity index (χ0) is 21.9. The smallest absolute Gasteiger partial charge is 0.338 e. The van der Waals surface area contributed by atoms with Gasteiger partial charge in [-0.25, -0.2) is 9.79 Å². The molecule has 0 atom stereocenters. The van der Waals surface area contributed by atoms with E-state index < -0.39 is 0 Å². The van der Waals surface area contributed by atoms with Crippen molar-refractivity contribution in [2.45, 2.75) is 32.9 Å². The summed E-state index contributed by atoms with van der Waals surface area (Å²) in [6, 6.07) is 16.8. The second-order valence-corrected chi connectivity index (χ2v) is 7.40. The van der Waals surface area contributed by atoms with Crippen molar-refractivity contribution in [3.05, 3.63) is 71.3 Å². The van der Waals surface area contributed by atoms with Crippen molar-refractivity contribution >= 4 is 41.8 Å². The normalized spacial score (nSPS) is 13.3. The van der Waals surface area contributed by atoms with Crippen LogP contribution in [0.25, 0.3) is 0 Å². The summed E-state index contributed by atoms with van der Waals surface area (Å²) in [5.41, 5.74) is 2.32. The molecule has 2 aromatic carbocycles. The van der Waals surface area contributed by atoms with Gasteiger partial charge in [0.15, 0.2) is 5.96 Å². The van der Waals surface area contributed by atoms with Gasteiger partial charge in [0.1, 0.15) is 6.61 Å². The predicted molar refractivity (Wildman–Crippen MR) is 136 cm³/mol. The Labute approximate surface area is 206 Å². The maximum atomic E-state index is 12.4. The van der Waals surface area contributed by atoms with Crippen molar-refractivity contribution in [3.63, 3.8) is 0 Å². The molecule has 3 rings (SSSR count). The Morgan fingerprint density at radius 1 is 1.00 bits per heavy atom. The number of guanidine groups is 1. The molecule has 0 spiro atoms. The van der Waals surface area contributed by atoms with Crippen LogP contribution in [0.1, 0.15) is 41.3 Å². The van der Waals surface area contributed by atoms with Gasteiger partial charge < -0.3 is 20.3 Å². The quantitative estimate of drug-likeness (QED) is 0.228. The zero-order valence-electron chi connectivity index (χ0n) is 18.4. The average Bonchev–Trinajstić information content (AvgIpc) is 3.35. The number of carbonyl (C=O) groups excluding carboxylic acids is 2. The highest BCUT2D eigenvalue weighted by Crippen LogP contribution is 2.10. The molecule has 1 saturated heterocycles. The lowest BCUT2D eigenvalue weighted by atomic mass is 10.1. The molecule has 0 saturated carbocycles. The molecule has 0 aliphatic carbocycles. The molecule has 1 amide bonds. The minimum absolute atomic E-state index is 0. The van der Waals surface area contributed by atoms with Crippen molar-refractivity contribution < 1.29 is 14.3 Å². The van der Waals surface area contributed by atoms with Gasteiger partial charge >= 0.3 is 5.97 Å². The second kappa shape index (κ2) is 13.7. The molecule has 1 aliphatic heterocycles. The van der Waals surface area contributed by atoms with E-state index in [9.17, 15) is 9.59 Å². The number of amides is 1. The molecule has 0 unspecified atom stereocenters. The first-order valence-electron chi connectivity index (χ1n) is 10.8. The van der Waals surface area contributed by atoms with E-state index in [1.807, 2.05) is 54.3 Å². The fraction of sp³-hybridized carbons (Fsp3) is 0.375. The van der Waals surface area contributed by atoms with Crippen LogP contribution in [0.2, 0.25) is 0 Å². The number of benzene rings is 2. The van der Waals surface area contributed by atoms with E-state index in [-0.39, 0.29) is 49.0 Å². The number of likely N-dealkylation sites (tertiary alicyclic amines) is 1. The maximum absolute atomic E-state index is 12.4. The molecule has 7 nitrogen and oxygen atoms in total. The van der Waals surface area contributed by atoms with Crippen molar-refractivity contribution in [1.29, 1.82) is 0 Å². The van der Waals surface area contributed by atoms with E-state index >= 15 is 0 Å². The number of nitrogens with zero attached hydrogens (tertiary/aromatic N) is 2. The first-order valence-corrected chi connectivity index (χ1v) is 10.8. The van der Waals surface area contributed by atoms with Gasteiger partial charge in [-0.15, -0.1) is 24.0 Å². The largest absolute Gasteiger partial charge is 0.457 e. The summed E-state index contributed by atoms with van der Waals surface area (Å²) in [6.45, 7) is 5.17. The Bertz CT molecular complexity index is 899. The van der Waals surface area contributed by atoms with Crippen molar-refractivity contribution in [2.75, 3.05) is 26.2 Å². The third-order valence-corrected chi connectivity index (χ3v) is 5.01. The van der Waals surface area contributed by atoms with Crippen LogP contribution in [0, 0.1) is 0 Å². The Balaban J connectivity index is 0.00000363. The lowest BCUT2D eigenvalue weighted by Gasteiger charge is -2.17. The highest BCUT2D eigenvalue weighted by Gasteiger charge is 2.17. The summed E-state index contributed by atoms with van der Waals surface area (Å²) in [5, 5.41) is 6.25. The molecule has 32 heavy (non-hydrogen) atoms. The van der Waals surface area contributed by atoms with Crippen LogP contribution >= 0.6 is 24.0 Å². The predicted octanol–water partition coefficient (Wildman–Crippen LogP) is 3.34. The van der Waals surface area contributed by atoms with Gasteiger partial charge in [0.25, 0.3) is 0 Å². The number of aliphatic imine (C=N–C) groups is 1. The van der Waals surface area contributed by atoms with Gasteiger partial charge in [-0.2, -0.15) is 0 Å².